The summed E-state index contributed by atoms with van der Waals surface area (Å²) in [5, 5.41) is 15.3. The number of carbonyl (C=O) groups is 1. The van der Waals surface area contributed by atoms with Crippen molar-refractivity contribution in [3.63, 3.8) is 0 Å². The predicted molar refractivity (Wildman–Crippen MR) is 120 cm³/mol. The smallest absolute Gasteiger partial charge is 0.328 e. The Morgan fingerprint density at radius 1 is 1.13 bits per heavy atom. The van der Waals surface area contributed by atoms with Gasteiger partial charge in [0.05, 0.1) is 17.7 Å². The number of hydrogen-bond donors (Lipinski definition) is 1. The van der Waals surface area contributed by atoms with E-state index < -0.39 is 11.0 Å². The third-order valence-electron chi connectivity index (χ3n) is 4.42. The highest BCUT2D eigenvalue weighted by Gasteiger charge is 2.29. The van der Waals surface area contributed by atoms with E-state index in [0.717, 1.165) is 4.90 Å². The van der Waals surface area contributed by atoms with E-state index in [1.807, 2.05) is 0 Å². The van der Waals surface area contributed by atoms with Crippen molar-refractivity contribution in [1.82, 2.24) is 10.3 Å². The summed E-state index contributed by atoms with van der Waals surface area (Å²) in [5.74, 6) is 0.219. The van der Waals surface area contributed by atoms with Crippen LogP contribution in [0.5, 0.6) is 5.75 Å². The van der Waals surface area contributed by atoms with Crippen LogP contribution in [0, 0.1) is 10.1 Å². The number of nitrogens with zero attached hydrogens (tertiary/aromatic N) is 3. The zero-order valence-electron chi connectivity index (χ0n) is 16.4. The van der Waals surface area contributed by atoms with E-state index in [1.165, 1.54) is 25.4 Å². The molecule has 0 spiro atoms. The second-order valence-corrected chi connectivity index (χ2v) is 7.11. The van der Waals surface area contributed by atoms with Crippen molar-refractivity contribution in [3.8, 4) is 5.75 Å². The van der Waals surface area contributed by atoms with Crippen LogP contribution in [0.1, 0.15) is 5.56 Å². The predicted octanol–water partition coefficient (Wildman–Crippen LogP) is 5.40. The van der Waals surface area contributed by atoms with Gasteiger partial charge in [-0.1, -0.05) is 41.4 Å². The van der Waals surface area contributed by atoms with Crippen LogP contribution < -0.4 is 15.0 Å². The molecule has 1 heterocycles. The molecule has 0 fully saturated rings. The van der Waals surface area contributed by atoms with Gasteiger partial charge in [0.25, 0.3) is 0 Å². The van der Waals surface area contributed by atoms with Crippen LogP contribution in [-0.2, 0) is 6.42 Å². The molecule has 0 bridgehead atoms. The van der Waals surface area contributed by atoms with Gasteiger partial charge in [0, 0.05) is 28.9 Å². The molecule has 2 aromatic carbocycles. The number of nitrogens with one attached hydrogen (secondary N) is 1. The van der Waals surface area contributed by atoms with E-state index in [4.69, 9.17) is 27.9 Å². The molecule has 0 saturated heterocycles. The molecule has 31 heavy (non-hydrogen) atoms. The summed E-state index contributed by atoms with van der Waals surface area (Å²) in [7, 11) is 1.45. The van der Waals surface area contributed by atoms with E-state index in [-0.39, 0.29) is 18.1 Å². The van der Waals surface area contributed by atoms with Gasteiger partial charge in [0.1, 0.15) is 5.75 Å². The molecule has 1 N–H and O–H groups in total. The molecule has 2 amide bonds. The zero-order chi connectivity index (χ0) is 22.4. The lowest BCUT2D eigenvalue weighted by molar-refractivity contribution is -0.384. The Labute approximate surface area is 188 Å². The lowest BCUT2D eigenvalue weighted by atomic mass is 10.1. The second-order valence-electron chi connectivity index (χ2n) is 6.29. The molecular weight excluding hydrogens is 443 g/mol. The molecule has 0 unspecified atom stereocenters. The van der Waals surface area contributed by atoms with Gasteiger partial charge in [-0.15, -0.1) is 0 Å². The number of rotatable bonds is 7. The Morgan fingerprint density at radius 2 is 1.84 bits per heavy atom. The fourth-order valence-electron chi connectivity index (χ4n) is 2.98. The van der Waals surface area contributed by atoms with Crippen LogP contribution in [0.3, 0.4) is 0 Å². The molecule has 3 aromatic rings. The van der Waals surface area contributed by atoms with E-state index in [9.17, 15) is 14.9 Å². The van der Waals surface area contributed by atoms with Gasteiger partial charge in [0.15, 0.2) is 0 Å². The van der Waals surface area contributed by atoms with E-state index >= 15 is 0 Å². The number of amides is 2. The van der Waals surface area contributed by atoms with Gasteiger partial charge in [-0.2, -0.15) is 0 Å². The third kappa shape index (κ3) is 5.04. The number of urea groups is 1. The molecule has 0 aliphatic heterocycles. The normalized spacial score (nSPS) is 10.4. The number of ether oxygens (including phenoxy) is 1. The number of aromatic nitrogens is 1. The van der Waals surface area contributed by atoms with Crippen molar-refractivity contribution in [1.29, 1.82) is 0 Å². The lowest BCUT2D eigenvalue weighted by Crippen LogP contribution is -2.38. The first-order chi connectivity index (χ1) is 14.9. The molecule has 160 valence electrons. The first-order valence-corrected chi connectivity index (χ1v) is 9.93. The zero-order valence-corrected chi connectivity index (χ0v) is 17.9. The second kappa shape index (κ2) is 10.1. The van der Waals surface area contributed by atoms with Crippen LogP contribution in [0.2, 0.25) is 10.0 Å². The third-order valence-corrected chi connectivity index (χ3v) is 5.12. The molecule has 0 aliphatic carbocycles. The fraction of sp³-hybridized carbons (Fsp3) is 0.143. The summed E-state index contributed by atoms with van der Waals surface area (Å²) in [6.07, 6.45) is 1.75. The van der Waals surface area contributed by atoms with Crippen LogP contribution in [0.4, 0.5) is 22.0 Å². The standard InChI is InChI=1S/C21H18Cl2N4O4/c1-31-19-10-3-2-8-17(19)26(20-18(27(29)30)9-5-12-24-20)21(28)25-13-11-14-15(22)6-4-7-16(14)23/h2-10,12H,11,13H2,1H3,(H,25,28). The topological polar surface area (TPSA) is 97.6 Å². The number of hydrogen-bond acceptors (Lipinski definition) is 5. The average Bonchev–Trinajstić information content (AvgIpc) is 2.76. The number of nitro groups is 1. The van der Waals surface area contributed by atoms with Crippen LogP contribution in [-0.4, -0.2) is 29.6 Å². The van der Waals surface area contributed by atoms with Crippen molar-refractivity contribution >= 4 is 46.4 Å². The summed E-state index contributed by atoms with van der Waals surface area (Å²) in [5.41, 5.74) is 0.677. The molecule has 0 atom stereocenters. The van der Waals surface area contributed by atoms with Crippen molar-refractivity contribution in [2.45, 2.75) is 6.42 Å². The number of carbonyl (C=O) groups excluding carboxylic acids is 1. The number of para-hydroxylation sites is 2. The Hall–Kier alpha value is -3.36. The van der Waals surface area contributed by atoms with Crippen LogP contribution >= 0.6 is 23.2 Å². The van der Waals surface area contributed by atoms with Crippen LogP contribution in [0.25, 0.3) is 0 Å². The number of halogens is 2. The summed E-state index contributed by atoms with van der Waals surface area (Å²) in [6.45, 7) is 0.189. The Bertz CT molecular complexity index is 1090. The van der Waals surface area contributed by atoms with Crippen molar-refractivity contribution < 1.29 is 14.5 Å². The summed E-state index contributed by atoms with van der Waals surface area (Å²) >= 11 is 12.4. The summed E-state index contributed by atoms with van der Waals surface area (Å²) in [4.78, 5) is 29.3. The van der Waals surface area contributed by atoms with Crippen molar-refractivity contribution in [2.75, 3.05) is 18.6 Å². The molecule has 3 rings (SSSR count). The highest BCUT2D eigenvalue weighted by atomic mass is 35.5. The molecule has 0 radical (unpaired) electrons. The molecular formula is C21H18Cl2N4O4. The SMILES string of the molecule is COc1ccccc1N(C(=O)NCCc1c(Cl)cccc1Cl)c1ncccc1[N+](=O)[O-]. The van der Waals surface area contributed by atoms with Gasteiger partial charge >= 0.3 is 11.7 Å². The van der Waals surface area contributed by atoms with E-state index in [1.54, 1.807) is 42.5 Å². The Morgan fingerprint density at radius 3 is 2.52 bits per heavy atom. The van der Waals surface area contributed by atoms with E-state index in [2.05, 4.69) is 10.3 Å². The number of pyridine rings is 1. The lowest BCUT2D eigenvalue weighted by Gasteiger charge is -2.23. The Balaban J connectivity index is 1.93. The maximum Gasteiger partial charge on any atom is 0.328 e. The minimum absolute atomic E-state index is 0.134. The monoisotopic (exact) mass is 460 g/mol. The number of benzene rings is 2. The van der Waals surface area contributed by atoms with Gasteiger partial charge in [-0.25, -0.2) is 14.7 Å². The molecule has 1 aromatic heterocycles. The van der Waals surface area contributed by atoms with Gasteiger partial charge in [-0.3, -0.25) is 10.1 Å². The van der Waals surface area contributed by atoms with Crippen molar-refractivity contribution in [2.24, 2.45) is 0 Å². The first-order valence-electron chi connectivity index (χ1n) is 9.17. The van der Waals surface area contributed by atoms with Crippen LogP contribution in [0.15, 0.2) is 60.8 Å². The molecule has 8 nitrogen and oxygen atoms in total. The highest BCUT2D eigenvalue weighted by Crippen LogP contribution is 2.36. The molecule has 10 heteroatoms. The quantitative estimate of drug-likeness (QED) is 0.376. The fourth-order valence-corrected chi connectivity index (χ4v) is 3.57. The first kappa shape index (κ1) is 22.3. The largest absolute Gasteiger partial charge is 0.495 e. The van der Waals surface area contributed by atoms with Gasteiger partial charge in [0.2, 0.25) is 5.82 Å². The Kier molecular flexibility index (Phi) is 7.28. The van der Waals surface area contributed by atoms with Crippen molar-refractivity contribution in [3.05, 3.63) is 86.5 Å². The van der Waals surface area contributed by atoms with Gasteiger partial charge in [-0.05, 0) is 42.3 Å². The summed E-state index contributed by atoms with van der Waals surface area (Å²) < 4.78 is 5.35. The summed E-state index contributed by atoms with van der Waals surface area (Å²) in [6, 6.07) is 13.9. The van der Waals surface area contributed by atoms with Gasteiger partial charge < -0.3 is 10.1 Å². The minimum Gasteiger partial charge on any atom is -0.495 e. The molecule has 0 aliphatic rings. The maximum atomic E-state index is 13.2. The molecule has 0 saturated carbocycles. The highest BCUT2D eigenvalue weighted by molar-refractivity contribution is 6.36. The number of methoxy groups -OCH3 is 1. The minimum atomic E-state index is -0.616. The number of anilines is 2. The van der Waals surface area contributed by atoms with E-state index in [0.29, 0.717) is 33.5 Å². The maximum absolute atomic E-state index is 13.2. The average molecular weight is 461 g/mol.